The van der Waals surface area contributed by atoms with E-state index >= 15 is 0 Å². The monoisotopic (exact) mass is 341 g/mol. The van der Waals surface area contributed by atoms with E-state index in [1.807, 2.05) is 42.5 Å². The third kappa shape index (κ3) is 4.11. The van der Waals surface area contributed by atoms with Crippen molar-refractivity contribution in [3.05, 3.63) is 66.4 Å². The Morgan fingerprint density at radius 1 is 1.12 bits per heavy atom. The van der Waals surface area contributed by atoms with Gasteiger partial charge in [-0.2, -0.15) is 0 Å². The van der Waals surface area contributed by atoms with Gasteiger partial charge in [-0.25, -0.2) is 0 Å². The van der Waals surface area contributed by atoms with Gasteiger partial charge >= 0.3 is 0 Å². The summed E-state index contributed by atoms with van der Waals surface area (Å²) < 4.78 is 5.24. The summed E-state index contributed by atoms with van der Waals surface area (Å²) in [5.41, 5.74) is 1.41. The smallest absolute Gasteiger partial charge is 0.290 e. The van der Waals surface area contributed by atoms with Gasteiger partial charge in [-0.3, -0.25) is 14.6 Å². The van der Waals surface area contributed by atoms with Crippen molar-refractivity contribution in [3.63, 3.8) is 0 Å². The maximum atomic E-state index is 12.5. The molecule has 0 aliphatic rings. The molecule has 0 aliphatic carbocycles. The van der Waals surface area contributed by atoms with Crippen LogP contribution >= 0.6 is 11.8 Å². The van der Waals surface area contributed by atoms with Gasteiger partial charge in [0.25, 0.3) is 6.47 Å². The number of carboxylic acid groups (broad SMARTS) is 1. The quantitative estimate of drug-likeness (QED) is 0.575. The predicted octanol–water partition coefficient (Wildman–Crippen LogP) is 3.88. The molecule has 5 nitrogen and oxygen atoms in total. The largest absolute Gasteiger partial charge is 0.496 e. The SMILES string of the molecule is COc1ccccc1C(=O)Sc1cccc2cccnc12.O=CO. The third-order valence-electron chi connectivity index (χ3n) is 3.13. The maximum absolute atomic E-state index is 12.5. The van der Waals surface area contributed by atoms with E-state index in [0.717, 1.165) is 15.8 Å². The number of hydrogen-bond acceptors (Lipinski definition) is 5. The first-order chi connectivity index (χ1) is 11.7. The van der Waals surface area contributed by atoms with Crippen LogP contribution < -0.4 is 4.74 Å². The number of pyridine rings is 1. The highest BCUT2D eigenvalue weighted by atomic mass is 32.2. The normalized spacial score (nSPS) is 9.71. The highest BCUT2D eigenvalue weighted by Gasteiger charge is 2.14. The molecule has 0 amide bonds. The number of methoxy groups -OCH3 is 1. The zero-order valence-electron chi connectivity index (χ0n) is 12.9. The molecule has 0 atom stereocenters. The average Bonchev–Trinajstić information content (AvgIpc) is 2.62. The Labute approximate surface area is 143 Å². The van der Waals surface area contributed by atoms with Crippen LogP contribution in [-0.2, 0) is 4.79 Å². The van der Waals surface area contributed by atoms with Crippen LogP contribution in [0.1, 0.15) is 10.4 Å². The molecule has 122 valence electrons. The predicted molar refractivity (Wildman–Crippen MR) is 93.6 cm³/mol. The molecule has 1 heterocycles. The van der Waals surface area contributed by atoms with Crippen LogP contribution in [0.5, 0.6) is 5.75 Å². The molecule has 0 aliphatic heterocycles. The number of thioether (sulfide) groups is 1. The first-order valence-corrected chi connectivity index (χ1v) is 7.79. The highest BCUT2D eigenvalue weighted by Crippen LogP contribution is 2.31. The molecule has 0 fully saturated rings. The minimum atomic E-state index is -0.250. The van der Waals surface area contributed by atoms with Gasteiger partial charge in [-0.05, 0) is 36.0 Å². The Balaban J connectivity index is 0.000000647. The number of rotatable bonds is 3. The highest BCUT2D eigenvalue weighted by molar-refractivity contribution is 8.14. The Bertz CT molecular complexity index is 846. The van der Waals surface area contributed by atoms with E-state index < -0.39 is 0 Å². The van der Waals surface area contributed by atoms with Gasteiger partial charge in [0.1, 0.15) is 5.75 Å². The fourth-order valence-corrected chi connectivity index (χ4v) is 3.02. The van der Waals surface area contributed by atoms with Crippen LogP contribution in [0.15, 0.2) is 65.7 Å². The van der Waals surface area contributed by atoms with Gasteiger partial charge < -0.3 is 9.84 Å². The standard InChI is InChI=1S/C17H13NO2S.CH2O2/c1-20-14-9-3-2-8-13(14)17(19)21-15-10-4-6-12-7-5-11-18-16(12)15;2-1-3/h2-11H,1H3;1H,(H,2,3). The number of ether oxygens (including phenoxy) is 1. The molecule has 1 N–H and O–H groups in total. The molecule has 0 saturated heterocycles. The second-order valence-corrected chi connectivity index (χ2v) is 5.54. The summed E-state index contributed by atoms with van der Waals surface area (Å²) in [5, 5.41) is 7.86. The van der Waals surface area contributed by atoms with Crippen molar-refractivity contribution in [3.8, 4) is 5.75 Å². The van der Waals surface area contributed by atoms with E-state index in [2.05, 4.69) is 4.98 Å². The molecule has 3 aromatic rings. The molecule has 0 bridgehead atoms. The molecular formula is C18H15NO4S. The molecule has 0 saturated carbocycles. The fraction of sp³-hybridized carbons (Fsp3) is 0.0556. The zero-order chi connectivity index (χ0) is 17.4. The van der Waals surface area contributed by atoms with Crippen molar-refractivity contribution in [1.82, 2.24) is 4.98 Å². The third-order valence-corrected chi connectivity index (χ3v) is 4.08. The number of para-hydroxylation sites is 2. The number of aromatic nitrogens is 1. The van der Waals surface area contributed by atoms with Gasteiger partial charge in [-0.15, -0.1) is 0 Å². The summed E-state index contributed by atoms with van der Waals surface area (Å²) >= 11 is 1.17. The lowest BCUT2D eigenvalue weighted by molar-refractivity contribution is -0.122. The van der Waals surface area contributed by atoms with E-state index in [-0.39, 0.29) is 11.6 Å². The summed E-state index contributed by atoms with van der Waals surface area (Å²) in [4.78, 5) is 26.1. The van der Waals surface area contributed by atoms with Crippen molar-refractivity contribution < 1.29 is 19.4 Å². The summed E-state index contributed by atoms with van der Waals surface area (Å²) in [6, 6.07) is 16.9. The molecule has 0 unspecified atom stereocenters. The van der Waals surface area contributed by atoms with E-state index in [1.165, 1.54) is 11.8 Å². The average molecular weight is 341 g/mol. The first-order valence-electron chi connectivity index (χ1n) is 6.98. The van der Waals surface area contributed by atoms with Crippen LogP contribution in [0.25, 0.3) is 10.9 Å². The molecular weight excluding hydrogens is 326 g/mol. The lowest BCUT2D eigenvalue weighted by Gasteiger charge is -2.08. The molecule has 24 heavy (non-hydrogen) atoms. The second-order valence-electron chi connectivity index (χ2n) is 4.53. The van der Waals surface area contributed by atoms with Gasteiger partial charge in [0.2, 0.25) is 5.12 Å². The van der Waals surface area contributed by atoms with Gasteiger partial charge in [-0.1, -0.05) is 30.3 Å². The lowest BCUT2D eigenvalue weighted by atomic mass is 10.2. The Hall–Kier alpha value is -2.86. The van der Waals surface area contributed by atoms with E-state index in [1.54, 1.807) is 25.4 Å². The summed E-state index contributed by atoms with van der Waals surface area (Å²) in [6.07, 6.45) is 1.74. The second kappa shape index (κ2) is 8.69. The Morgan fingerprint density at radius 2 is 1.83 bits per heavy atom. The number of carbonyl (C=O) groups is 2. The zero-order valence-corrected chi connectivity index (χ0v) is 13.7. The summed E-state index contributed by atoms with van der Waals surface area (Å²) in [5.74, 6) is 0.586. The lowest BCUT2D eigenvalue weighted by Crippen LogP contribution is -1.98. The number of nitrogens with zero attached hydrogens (tertiary/aromatic N) is 1. The van der Waals surface area contributed by atoms with Gasteiger partial charge in [0, 0.05) is 16.5 Å². The topological polar surface area (TPSA) is 76.5 Å². The van der Waals surface area contributed by atoms with Crippen LogP contribution in [0.3, 0.4) is 0 Å². The van der Waals surface area contributed by atoms with E-state index in [9.17, 15) is 4.79 Å². The van der Waals surface area contributed by atoms with Crippen LogP contribution in [-0.4, -0.2) is 28.8 Å². The minimum absolute atomic E-state index is 0.0504. The molecule has 3 rings (SSSR count). The molecule has 0 radical (unpaired) electrons. The number of carbonyl (C=O) groups excluding carboxylic acids is 1. The van der Waals surface area contributed by atoms with Crippen molar-refractivity contribution in [2.45, 2.75) is 4.90 Å². The molecule has 1 aromatic heterocycles. The van der Waals surface area contributed by atoms with E-state index in [4.69, 9.17) is 14.6 Å². The summed E-state index contributed by atoms with van der Waals surface area (Å²) in [6.45, 7) is -0.250. The van der Waals surface area contributed by atoms with Crippen molar-refractivity contribution in [1.29, 1.82) is 0 Å². The maximum Gasteiger partial charge on any atom is 0.290 e. The fourth-order valence-electron chi connectivity index (χ4n) is 2.13. The van der Waals surface area contributed by atoms with Crippen LogP contribution in [0.4, 0.5) is 0 Å². The Morgan fingerprint density at radius 3 is 2.58 bits per heavy atom. The summed E-state index contributed by atoms with van der Waals surface area (Å²) in [7, 11) is 1.57. The van der Waals surface area contributed by atoms with Crippen LogP contribution in [0, 0.1) is 0 Å². The van der Waals surface area contributed by atoms with Crippen LogP contribution in [0.2, 0.25) is 0 Å². The number of hydrogen-bond donors (Lipinski definition) is 1. The number of fused-ring (bicyclic) bond motifs is 1. The van der Waals surface area contributed by atoms with Gasteiger partial charge in [0.05, 0.1) is 18.2 Å². The Kier molecular flexibility index (Phi) is 6.33. The molecule has 2 aromatic carbocycles. The van der Waals surface area contributed by atoms with Crippen molar-refractivity contribution >= 4 is 34.3 Å². The molecule has 6 heteroatoms. The first kappa shape index (κ1) is 17.5. The van der Waals surface area contributed by atoms with Crippen molar-refractivity contribution in [2.75, 3.05) is 7.11 Å². The molecule has 0 spiro atoms. The van der Waals surface area contributed by atoms with Gasteiger partial charge in [0.15, 0.2) is 0 Å². The number of benzene rings is 2. The van der Waals surface area contributed by atoms with Crippen molar-refractivity contribution in [2.24, 2.45) is 0 Å². The minimum Gasteiger partial charge on any atom is -0.496 e. The van der Waals surface area contributed by atoms with E-state index in [0.29, 0.717) is 11.3 Å².